The molecule has 1 spiro atoms. The molecule has 0 radical (unpaired) electrons. The number of halogens is 1. The molecule has 16 nitrogen and oxygen atoms in total. The second-order valence-corrected chi connectivity index (χ2v) is 20.7. The van der Waals surface area contributed by atoms with E-state index in [1.54, 1.807) is 19.1 Å². The predicted octanol–water partition coefficient (Wildman–Crippen LogP) is 9.03. The van der Waals surface area contributed by atoms with Gasteiger partial charge >= 0.3 is 5.69 Å². The minimum atomic E-state index is -4.72. The first-order chi connectivity index (χ1) is 32.0. The van der Waals surface area contributed by atoms with Gasteiger partial charge in [0.25, 0.3) is 21.8 Å². The third-order valence-electron chi connectivity index (χ3n) is 14.2. The lowest BCUT2D eigenvalue weighted by Gasteiger charge is -2.57. The first kappa shape index (κ1) is 47.6. The summed E-state index contributed by atoms with van der Waals surface area (Å²) < 4.78 is 56.1. The third kappa shape index (κ3) is 10.2. The van der Waals surface area contributed by atoms with Gasteiger partial charge in [-0.25, -0.2) is 22.5 Å². The number of unbranched alkanes of at least 4 members (excludes halogenated alkanes) is 1. The van der Waals surface area contributed by atoms with Gasteiger partial charge in [0.1, 0.15) is 22.1 Å². The molecule has 2 aromatic carbocycles. The van der Waals surface area contributed by atoms with Gasteiger partial charge in [-0.15, -0.1) is 0 Å². The highest BCUT2D eigenvalue weighted by molar-refractivity contribution is 7.90. The Labute approximate surface area is 390 Å². The Balaban J connectivity index is 0.994. The van der Waals surface area contributed by atoms with E-state index in [9.17, 15) is 32.8 Å². The van der Waals surface area contributed by atoms with Crippen molar-refractivity contribution in [1.82, 2.24) is 24.6 Å². The van der Waals surface area contributed by atoms with Crippen LogP contribution in [0.25, 0.3) is 11.0 Å². The van der Waals surface area contributed by atoms with Crippen molar-refractivity contribution in [2.45, 2.75) is 114 Å². The van der Waals surface area contributed by atoms with Gasteiger partial charge in [-0.05, 0) is 98.8 Å². The van der Waals surface area contributed by atoms with Crippen molar-refractivity contribution in [3.05, 3.63) is 99.6 Å². The van der Waals surface area contributed by atoms with E-state index >= 15 is 0 Å². The van der Waals surface area contributed by atoms with Crippen molar-refractivity contribution in [2.24, 2.45) is 5.41 Å². The zero-order valence-corrected chi connectivity index (χ0v) is 39.6. The highest BCUT2D eigenvalue weighted by Gasteiger charge is 2.49. The molecule has 0 unspecified atom stereocenters. The Hall–Kier alpha value is -5.85. The maximum absolute atomic E-state index is 14.8. The van der Waals surface area contributed by atoms with Gasteiger partial charge in [0.15, 0.2) is 5.75 Å². The monoisotopic (exact) mass is 940 g/mol. The summed E-state index contributed by atoms with van der Waals surface area (Å²) in [5.41, 5.74) is 2.53. The maximum Gasteiger partial charge on any atom is 0.312 e. The van der Waals surface area contributed by atoms with Crippen LogP contribution in [0.2, 0.25) is 0 Å². The molecule has 3 atom stereocenters. The maximum atomic E-state index is 14.8. The third-order valence-corrected chi connectivity index (χ3v) is 15.5. The van der Waals surface area contributed by atoms with Crippen LogP contribution in [-0.4, -0.2) is 95.7 Å². The number of nitro groups is 1. The number of methoxy groups -OCH3 is 1. The van der Waals surface area contributed by atoms with Crippen LogP contribution in [0.5, 0.6) is 17.4 Å². The lowest BCUT2D eigenvalue weighted by Crippen LogP contribution is -2.63. The summed E-state index contributed by atoms with van der Waals surface area (Å²) in [5, 5.41) is 25.3. The molecule has 1 saturated carbocycles. The summed E-state index contributed by atoms with van der Waals surface area (Å²) in [4.78, 5) is 40.8. The van der Waals surface area contributed by atoms with E-state index < -0.39 is 42.9 Å². The van der Waals surface area contributed by atoms with Crippen molar-refractivity contribution in [3.63, 3.8) is 0 Å². The number of aromatic amines is 1. The number of piperidine rings is 1. The molecule has 2 saturated heterocycles. The number of aromatic nitrogens is 3. The molecule has 3 aromatic heterocycles. The minimum Gasteiger partial charge on any atom is -0.478 e. The second kappa shape index (κ2) is 19.4. The molecule has 4 N–H and O–H groups in total. The predicted molar refractivity (Wildman–Crippen MR) is 254 cm³/mol. The van der Waals surface area contributed by atoms with Gasteiger partial charge in [-0.3, -0.25) is 19.8 Å². The van der Waals surface area contributed by atoms with Gasteiger partial charge in [-0.1, -0.05) is 51.5 Å². The Morgan fingerprint density at radius 3 is 2.58 bits per heavy atom. The van der Waals surface area contributed by atoms with Crippen molar-refractivity contribution < 1.29 is 37.1 Å². The van der Waals surface area contributed by atoms with Crippen LogP contribution in [0.4, 0.5) is 21.6 Å². The number of amides is 1. The standard InChI is InChI=1S/C49H61FN8O8S/c1-6-48(4,60)18-9-10-21-51-45-41(58(61)62)25-33(27-52-45)67(63,64)55-46(59)37-17-16-32(24-42(37)66-43-26-38-39(50)28-53-44(38)54-47(43)65-5)56-22-19-49(20-23-56)29-57(30-49)40-15-11-14-36(40)35-13-8-7-12-34(35)31(2)3/h7-8,12-13,16-17,24-28,31,36,40,60H,6,9-11,14-15,18-23,29-30H2,1-5H3,(H,51,52)(H,53,54)(H,55,59)/t36-,40-,48-/m1/s1. The first-order valence-electron chi connectivity index (χ1n) is 23.3. The number of ether oxygens (including phenoxy) is 2. The van der Waals surface area contributed by atoms with Crippen LogP contribution in [0, 0.1) is 21.3 Å². The zero-order chi connectivity index (χ0) is 47.7. The fourth-order valence-corrected chi connectivity index (χ4v) is 11.1. The van der Waals surface area contributed by atoms with E-state index in [4.69, 9.17) is 9.47 Å². The molecule has 5 heterocycles. The second-order valence-electron chi connectivity index (χ2n) is 19.1. The first-order valence-corrected chi connectivity index (χ1v) is 24.8. The quantitative estimate of drug-likeness (QED) is 0.0368. The molecule has 8 rings (SSSR count). The van der Waals surface area contributed by atoms with Gasteiger partial charge < -0.3 is 29.8 Å². The summed E-state index contributed by atoms with van der Waals surface area (Å²) >= 11 is 0. The molecule has 18 heteroatoms. The van der Waals surface area contributed by atoms with Gasteiger partial charge in [0.2, 0.25) is 5.82 Å². The number of hydrogen-bond acceptors (Lipinski definition) is 13. The molecule has 3 fully saturated rings. The number of fused-ring (bicyclic) bond motifs is 1. The molecule has 358 valence electrons. The van der Waals surface area contributed by atoms with E-state index in [1.165, 1.54) is 49.6 Å². The summed E-state index contributed by atoms with van der Waals surface area (Å²) in [6.07, 6.45) is 10.1. The van der Waals surface area contributed by atoms with E-state index in [0.29, 0.717) is 50.1 Å². The molecule has 0 bridgehead atoms. The summed E-state index contributed by atoms with van der Waals surface area (Å²) in [7, 11) is -3.35. The fourth-order valence-electron chi connectivity index (χ4n) is 10.1. The van der Waals surface area contributed by atoms with Crippen LogP contribution in [0.3, 0.4) is 0 Å². The van der Waals surface area contributed by atoms with Crippen molar-refractivity contribution in [2.75, 3.05) is 50.1 Å². The summed E-state index contributed by atoms with van der Waals surface area (Å²) in [6.45, 7) is 12.1. The van der Waals surface area contributed by atoms with E-state index in [1.807, 2.05) is 11.6 Å². The van der Waals surface area contributed by atoms with E-state index in [-0.39, 0.29) is 45.2 Å². The number of rotatable bonds is 18. The van der Waals surface area contributed by atoms with Crippen molar-refractivity contribution in [3.8, 4) is 17.4 Å². The van der Waals surface area contributed by atoms with Crippen LogP contribution >= 0.6 is 0 Å². The molecule has 2 aliphatic heterocycles. The Bertz CT molecular complexity index is 2730. The number of sulfonamides is 1. The van der Waals surface area contributed by atoms with Gasteiger partial charge in [-0.2, -0.15) is 4.98 Å². The number of nitrogens with zero attached hydrogens (tertiary/aromatic N) is 5. The number of hydrogen-bond donors (Lipinski definition) is 4. The average Bonchev–Trinajstić information content (AvgIpc) is 3.93. The lowest BCUT2D eigenvalue weighted by atomic mass is 9.70. The normalized spacial score (nSPS) is 19.3. The molecule has 5 aromatic rings. The smallest absolute Gasteiger partial charge is 0.312 e. The molecular weight excluding hydrogens is 880 g/mol. The number of H-pyrrole nitrogens is 1. The number of carbonyl (C=O) groups excluding carboxylic acids is 1. The number of benzene rings is 2. The Morgan fingerprint density at radius 2 is 1.87 bits per heavy atom. The van der Waals surface area contributed by atoms with Gasteiger partial charge in [0.05, 0.1) is 34.8 Å². The summed E-state index contributed by atoms with van der Waals surface area (Å²) in [5.74, 6) is -0.857. The van der Waals surface area contributed by atoms with Gasteiger partial charge in [0, 0.05) is 68.8 Å². The van der Waals surface area contributed by atoms with Crippen LogP contribution in [-0.2, 0) is 10.0 Å². The molecular formula is C49H61FN8O8S. The minimum absolute atomic E-state index is 0.00899. The number of anilines is 2. The molecule has 1 amide bonds. The number of aliphatic hydroxyl groups is 1. The fraction of sp³-hybridized carbons (Fsp3) is 0.490. The highest BCUT2D eigenvalue weighted by Crippen LogP contribution is 2.49. The molecule has 1 aliphatic carbocycles. The van der Waals surface area contributed by atoms with Crippen LogP contribution in [0.15, 0.2) is 71.9 Å². The van der Waals surface area contributed by atoms with Crippen LogP contribution < -0.4 is 24.4 Å². The Kier molecular flexibility index (Phi) is 13.8. The van der Waals surface area contributed by atoms with E-state index in [0.717, 1.165) is 63.2 Å². The Morgan fingerprint density at radius 1 is 1.10 bits per heavy atom. The van der Waals surface area contributed by atoms with Crippen molar-refractivity contribution in [1.29, 1.82) is 0 Å². The zero-order valence-electron chi connectivity index (χ0n) is 38.8. The van der Waals surface area contributed by atoms with Crippen molar-refractivity contribution >= 4 is 44.2 Å². The largest absolute Gasteiger partial charge is 0.478 e. The lowest BCUT2D eigenvalue weighted by molar-refractivity contribution is -0.384. The molecule has 3 aliphatic rings. The number of pyridine rings is 2. The number of carbonyl (C=O) groups is 1. The topological polar surface area (TPSA) is 205 Å². The SMILES string of the molecule is CC[C@@](C)(O)CCCCNc1ncc(S(=O)(=O)NC(=O)c2ccc(N3CCC4(CC3)CN([C@@H]3CCC[C@@H]3c3ccccc3C(C)C)C4)cc2Oc2cc3c(F)c[nH]c3nc2OC)cc1[N+](=O)[O-]. The van der Waals surface area contributed by atoms with Crippen LogP contribution in [0.1, 0.15) is 119 Å². The number of nitrogens with one attached hydrogen (secondary N) is 3. The highest BCUT2D eigenvalue weighted by atomic mass is 32.2. The summed E-state index contributed by atoms with van der Waals surface area (Å²) in [6, 6.07) is 16.5. The number of likely N-dealkylation sites (tertiary alicyclic amines) is 1. The molecule has 67 heavy (non-hydrogen) atoms. The van der Waals surface area contributed by atoms with E-state index in [2.05, 4.69) is 68.2 Å². The average molecular weight is 941 g/mol.